The zero-order chi connectivity index (χ0) is 13.1. The number of halogens is 2. The minimum absolute atomic E-state index is 0.0669. The molecule has 1 aromatic heterocycles. The van der Waals surface area contributed by atoms with Crippen LogP contribution >= 0.6 is 0 Å². The van der Waals surface area contributed by atoms with E-state index in [1.54, 1.807) is 13.0 Å². The highest BCUT2D eigenvalue weighted by Gasteiger charge is 2.10. The summed E-state index contributed by atoms with van der Waals surface area (Å²) in [5, 5.41) is 2.39. The summed E-state index contributed by atoms with van der Waals surface area (Å²) in [7, 11) is 0. The Labute approximate surface area is 102 Å². The van der Waals surface area contributed by atoms with Crippen molar-refractivity contribution in [3.8, 4) is 0 Å². The fourth-order valence-electron chi connectivity index (χ4n) is 1.47. The maximum absolute atomic E-state index is 13.4. The van der Waals surface area contributed by atoms with E-state index in [0.717, 1.165) is 11.6 Å². The SMILES string of the molecule is Cc1ccc(F)c(NC(=O)c2ccnc(F)c2)c1. The summed E-state index contributed by atoms with van der Waals surface area (Å²) >= 11 is 0. The van der Waals surface area contributed by atoms with Crippen molar-refractivity contribution in [2.24, 2.45) is 0 Å². The molecule has 0 fully saturated rings. The van der Waals surface area contributed by atoms with Gasteiger partial charge < -0.3 is 5.32 Å². The van der Waals surface area contributed by atoms with Crippen LogP contribution in [0, 0.1) is 18.7 Å². The highest BCUT2D eigenvalue weighted by Crippen LogP contribution is 2.16. The van der Waals surface area contributed by atoms with E-state index < -0.39 is 17.7 Å². The second-order valence-electron chi connectivity index (χ2n) is 3.80. The monoisotopic (exact) mass is 248 g/mol. The van der Waals surface area contributed by atoms with E-state index in [1.807, 2.05) is 0 Å². The smallest absolute Gasteiger partial charge is 0.255 e. The summed E-state index contributed by atoms with van der Waals surface area (Å²) < 4.78 is 26.3. The van der Waals surface area contributed by atoms with Gasteiger partial charge in [0, 0.05) is 17.8 Å². The van der Waals surface area contributed by atoms with Gasteiger partial charge in [-0.3, -0.25) is 4.79 Å². The molecule has 0 atom stereocenters. The van der Waals surface area contributed by atoms with Gasteiger partial charge in [-0.25, -0.2) is 9.37 Å². The molecule has 3 nitrogen and oxygen atoms in total. The van der Waals surface area contributed by atoms with Crippen LogP contribution in [0.15, 0.2) is 36.5 Å². The third-order valence-electron chi connectivity index (χ3n) is 2.36. The normalized spacial score (nSPS) is 10.2. The lowest BCUT2D eigenvalue weighted by atomic mass is 10.2. The van der Waals surface area contributed by atoms with E-state index in [1.165, 1.54) is 24.4 Å². The predicted molar refractivity (Wildman–Crippen MR) is 63.3 cm³/mol. The largest absolute Gasteiger partial charge is 0.319 e. The number of anilines is 1. The van der Waals surface area contributed by atoms with Crippen molar-refractivity contribution >= 4 is 11.6 Å². The molecule has 0 aliphatic carbocycles. The highest BCUT2D eigenvalue weighted by atomic mass is 19.1. The van der Waals surface area contributed by atoms with Gasteiger partial charge in [0.15, 0.2) is 0 Å². The number of hydrogen-bond acceptors (Lipinski definition) is 2. The van der Waals surface area contributed by atoms with Crippen molar-refractivity contribution in [3.05, 3.63) is 59.4 Å². The molecule has 0 radical (unpaired) electrons. The average molecular weight is 248 g/mol. The van der Waals surface area contributed by atoms with Gasteiger partial charge in [0.25, 0.3) is 5.91 Å². The summed E-state index contributed by atoms with van der Waals surface area (Å²) in [6.07, 6.45) is 1.18. The molecule has 0 saturated carbocycles. The zero-order valence-electron chi connectivity index (χ0n) is 9.58. The molecule has 0 unspecified atom stereocenters. The molecule has 0 saturated heterocycles. The first-order valence-corrected chi connectivity index (χ1v) is 5.25. The molecule has 0 aliphatic rings. The molecule has 0 aliphatic heterocycles. The summed E-state index contributed by atoms with van der Waals surface area (Å²) in [5.41, 5.74) is 0.966. The Morgan fingerprint density at radius 1 is 1.22 bits per heavy atom. The van der Waals surface area contributed by atoms with E-state index in [2.05, 4.69) is 10.3 Å². The van der Waals surface area contributed by atoms with E-state index in [-0.39, 0.29) is 11.3 Å². The Kier molecular flexibility index (Phi) is 3.32. The first-order chi connectivity index (χ1) is 8.56. The number of nitrogens with zero attached hydrogens (tertiary/aromatic N) is 1. The summed E-state index contributed by atoms with van der Waals surface area (Å²) in [6, 6.07) is 6.70. The highest BCUT2D eigenvalue weighted by molar-refractivity contribution is 6.04. The van der Waals surface area contributed by atoms with Gasteiger partial charge in [0.05, 0.1) is 5.69 Å². The molecule has 92 valence electrons. The molecule has 1 aromatic carbocycles. The number of amides is 1. The van der Waals surface area contributed by atoms with Gasteiger partial charge in [0.2, 0.25) is 5.95 Å². The molecule has 1 N–H and O–H groups in total. The third kappa shape index (κ3) is 2.68. The predicted octanol–water partition coefficient (Wildman–Crippen LogP) is 2.92. The van der Waals surface area contributed by atoms with E-state index in [9.17, 15) is 13.6 Å². The van der Waals surface area contributed by atoms with Crippen LogP contribution in [-0.2, 0) is 0 Å². The Balaban J connectivity index is 2.24. The molecule has 1 amide bonds. The molecule has 1 heterocycles. The average Bonchev–Trinajstić information content (AvgIpc) is 2.34. The van der Waals surface area contributed by atoms with Crippen molar-refractivity contribution in [3.63, 3.8) is 0 Å². The fraction of sp³-hybridized carbons (Fsp3) is 0.0769. The topological polar surface area (TPSA) is 42.0 Å². The van der Waals surface area contributed by atoms with Crippen molar-refractivity contribution in [2.75, 3.05) is 5.32 Å². The number of hydrogen-bond donors (Lipinski definition) is 1. The van der Waals surface area contributed by atoms with Crippen LogP contribution in [0.2, 0.25) is 0 Å². The van der Waals surface area contributed by atoms with Gasteiger partial charge in [-0.05, 0) is 30.7 Å². The van der Waals surface area contributed by atoms with Crippen molar-refractivity contribution < 1.29 is 13.6 Å². The Morgan fingerprint density at radius 3 is 2.72 bits per heavy atom. The lowest BCUT2D eigenvalue weighted by molar-refractivity contribution is 0.102. The molecule has 2 aromatic rings. The molecular formula is C13H10F2N2O. The van der Waals surface area contributed by atoms with E-state index in [0.29, 0.717) is 0 Å². The van der Waals surface area contributed by atoms with Crippen molar-refractivity contribution in [1.29, 1.82) is 0 Å². The minimum Gasteiger partial charge on any atom is -0.319 e. The molecule has 5 heteroatoms. The van der Waals surface area contributed by atoms with Crippen LogP contribution < -0.4 is 5.32 Å². The Bertz CT molecular complexity index is 599. The van der Waals surface area contributed by atoms with Crippen LogP contribution in [0.4, 0.5) is 14.5 Å². The van der Waals surface area contributed by atoms with Gasteiger partial charge >= 0.3 is 0 Å². The molecular weight excluding hydrogens is 238 g/mol. The van der Waals surface area contributed by atoms with Crippen LogP contribution in [0.5, 0.6) is 0 Å². The van der Waals surface area contributed by atoms with Crippen LogP contribution in [0.3, 0.4) is 0 Å². The summed E-state index contributed by atoms with van der Waals surface area (Å²) in [5.74, 6) is -1.88. The van der Waals surface area contributed by atoms with Crippen LogP contribution in [0.25, 0.3) is 0 Å². The van der Waals surface area contributed by atoms with Crippen LogP contribution in [0.1, 0.15) is 15.9 Å². The Hall–Kier alpha value is -2.30. The van der Waals surface area contributed by atoms with Crippen molar-refractivity contribution in [1.82, 2.24) is 4.98 Å². The van der Waals surface area contributed by atoms with Crippen molar-refractivity contribution in [2.45, 2.75) is 6.92 Å². The first-order valence-electron chi connectivity index (χ1n) is 5.25. The number of aromatic nitrogens is 1. The lowest BCUT2D eigenvalue weighted by Crippen LogP contribution is -2.13. The number of nitrogens with one attached hydrogen (secondary N) is 1. The Morgan fingerprint density at radius 2 is 2.00 bits per heavy atom. The van der Waals surface area contributed by atoms with Gasteiger partial charge in [-0.2, -0.15) is 4.39 Å². The number of rotatable bonds is 2. The van der Waals surface area contributed by atoms with Gasteiger partial charge in [0.1, 0.15) is 5.82 Å². The number of benzene rings is 1. The summed E-state index contributed by atoms with van der Waals surface area (Å²) in [6.45, 7) is 1.78. The fourth-order valence-corrected chi connectivity index (χ4v) is 1.47. The second-order valence-corrected chi connectivity index (χ2v) is 3.80. The van der Waals surface area contributed by atoms with E-state index in [4.69, 9.17) is 0 Å². The summed E-state index contributed by atoms with van der Waals surface area (Å²) in [4.78, 5) is 15.1. The van der Waals surface area contributed by atoms with E-state index >= 15 is 0 Å². The lowest BCUT2D eigenvalue weighted by Gasteiger charge is -2.07. The molecule has 0 bridgehead atoms. The number of carbonyl (C=O) groups excluding carboxylic acids is 1. The maximum Gasteiger partial charge on any atom is 0.255 e. The number of pyridine rings is 1. The molecule has 0 spiro atoms. The first kappa shape index (κ1) is 12.2. The standard InChI is InChI=1S/C13H10F2N2O/c1-8-2-3-10(14)11(6-8)17-13(18)9-4-5-16-12(15)7-9/h2-7H,1H3,(H,17,18). The second kappa shape index (κ2) is 4.91. The van der Waals surface area contributed by atoms with Gasteiger partial charge in [-0.15, -0.1) is 0 Å². The zero-order valence-corrected chi connectivity index (χ0v) is 9.58. The maximum atomic E-state index is 13.4. The quantitative estimate of drug-likeness (QED) is 0.830. The van der Waals surface area contributed by atoms with Gasteiger partial charge in [-0.1, -0.05) is 6.07 Å². The van der Waals surface area contributed by atoms with Crippen LogP contribution in [-0.4, -0.2) is 10.9 Å². The third-order valence-corrected chi connectivity index (χ3v) is 2.36. The molecule has 18 heavy (non-hydrogen) atoms. The number of aryl methyl sites for hydroxylation is 1. The molecule has 2 rings (SSSR count). The number of carbonyl (C=O) groups is 1. The minimum atomic E-state index is -0.757.